The molecule has 24 heavy (non-hydrogen) atoms. The number of alkyl halides is 2. The Labute approximate surface area is 138 Å². The molecule has 0 aliphatic heterocycles. The Bertz CT molecular complexity index is 701. The maximum absolute atomic E-state index is 13.9. The minimum Gasteiger partial charge on any atom is -0.386 e. The predicted molar refractivity (Wildman–Crippen MR) is 83.9 cm³/mol. The van der Waals surface area contributed by atoms with E-state index in [9.17, 15) is 18.3 Å². The number of nitrogens with zero attached hydrogens (tertiary/aromatic N) is 1. The molecular formula is C18H17F3N2O. The normalized spacial score (nSPS) is 13.5. The van der Waals surface area contributed by atoms with Gasteiger partial charge in [0.15, 0.2) is 0 Å². The van der Waals surface area contributed by atoms with Gasteiger partial charge in [0.05, 0.1) is 11.6 Å². The van der Waals surface area contributed by atoms with Gasteiger partial charge >= 0.3 is 0 Å². The average Bonchev–Trinajstić information content (AvgIpc) is 2.59. The van der Waals surface area contributed by atoms with Crippen LogP contribution in [0.25, 0.3) is 0 Å². The maximum atomic E-state index is 13.9. The first-order valence-electron chi connectivity index (χ1n) is 7.43. The van der Waals surface area contributed by atoms with E-state index < -0.39 is 24.4 Å². The first-order valence-corrected chi connectivity index (χ1v) is 7.43. The highest BCUT2D eigenvalue weighted by atomic mass is 19.3. The molecule has 0 heterocycles. The lowest BCUT2D eigenvalue weighted by atomic mass is 10.0. The van der Waals surface area contributed by atoms with Gasteiger partial charge in [0.25, 0.3) is 6.43 Å². The second kappa shape index (κ2) is 8.48. The molecule has 2 aromatic carbocycles. The lowest BCUT2D eigenvalue weighted by Crippen LogP contribution is -2.45. The van der Waals surface area contributed by atoms with Crippen LogP contribution in [0.3, 0.4) is 0 Å². The third-order valence-electron chi connectivity index (χ3n) is 3.71. The molecule has 6 heteroatoms. The van der Waals surface area contributed by atoms with Crippen molar-refractivity contribution < 1.29 is 18.3 Å². The molecule has 3 nitrogen and oxygen atoms in total. The lowest BCUT2D eigenvalue weighted by molar-refractivity contribution is -0.0262. The predicted octanol–water partition coefficient (Wildman–Crippen LogP) is 3.02. The van der Waals surface area contributed by atoms with Gasteiger partial charge < -0.3 is 10.4 Å². The highest BCUT2D eigenvalue weighted by Gasteiger charge is 2.27. The Hall–Kier alpha value is -2.36. The van der Waals surface area contributed by atoms with Crippen LogP contribution in [0.1, 0.15) is 16.7 Å². The minimum absolute atomic E-state index is 0.0289. The molecule has 0 bridgehead atoms. The number of halogens is 3. The van der Waals surface area contributed by atoms with Gasteiger partial charge in [-0.15, -0.1) is 0 Å². The monoisotopic (exact) mass is 334 g/mol. The molecule has 126 valence electrons. The van der Waals surface area contributed by atoms with Crippen LogP contribution in [0.15, 0.2) is 48.5 Å². The maximum Gasteiger partial charge on any atom is 0.265 e. The Balaban J connectivity index is 2.09. The first-order chi connectivity index (χ1) is 11.5. The van der Waals surface area contributed by atoms with E-state index in [0.717, 1.165) is 11.6 Å². The summed E-state index contributed by atoms with van der Waals surface area (Å²) in [6, 6.07) is 13.8. The van der Waals surface area contributed by atoms with E-state index in [4.69, 9.17) is 5.26 Å². The van der Waals surface area contributed by atoms with Crippen LogP contribution < -0.4 is 5.32 Å². The van der Waals surface area contributed by atoms with E-state index in [1.54, 1.807) is 24.3 Å². The third-order valence-corrected chi connectivity index (χ3v) is 3.71. The third kappa shape index (κ3) is 4.82. The molecule has 0 fully saturated rings. The van der Waals surface area contributed by atoms with Gasteiger partial charge in [-0.05, 0) is 24.1 Å². The number of aliphatic hydroxyl groups excluding tert-OH is 1. The van der Waals surface area contributed by atoms with Crippen molar-refractivity contribution in [3.05, 3.63) is 71.0 Å². The molecule has 2 unspecified atom stereocenters. The topological polar surface area (TPSA) is 56.0 Å². The quantitative estimate of drug-likeness (QED) is 0.818. The number of aliphatic hydroxyl groups is 1. The first kappa shape index (κ1) is 18.0. The van der Waals surface area contributed by atoms with Crippen molar-refractivity contribution in [1.82, 2.24) is 5.32 Å². The fraction of sp³-hybridized carbons (Fsp3) is 0.278. The van der Waals surface area contributed by atoms with Crippen molar-refractivity contribution in [1.29, 1.82) is 5.26 Å². The van der Waals surface area contributed by atoms with E-state index in [-0.39, 0.29) is 24.1 Å². The summed E-state index contributed by atoms with van der Waals surface area (Å²) in [5.41, 5.74) is 1.22. The smallest absolute Gasteiger partial charge is 0.265 e. The second-order valence-corrected chi connectivity index (χ2v) is 5.42. The van der Waals surface area contributed by atoms with Crippen LogP contribution >= 0.6 is 0 Å². The van der Waals surface area contributed by atoms with Crippen molar-refractivity contribution >= 4 is 0 Å². The van der Waals surface area contributed by atoms with Gasteiger partial charge in [0.2, 0.25) is 0 Å². The van der Waals surface area contributed by atoms with Gasteiger partial charge in [-0.3, -0.25) is 0 Å². The zero-order valence-electron chi connectivity index (χ0n) is 12.8. The van der Waals surface area contributed by atoms with E-state index in [0.29, 0.717) is 0 Å². The Morgan fingerprint density at radius 3 is 2.42 bits per heavy atom. The Morgan fingerprint density at radius 1 is 1.12 bits per heavy atom. The highest BCUT2D eigenvalue weighted by molar-refractivity contribution is 5.32. The van der Waals surface area contributed by atoms with E-state index in [2.05, 4.69) is 5.32 Å². The van der Waals surface area contributed by atoms with Gasteiger partial charge in [0.1, 0.15) is 11.9 Å². The summed E-state index contributed by atoms with van der Waals surface area (Å²) in [6.45, 7) is -0.0289. The minimum atomic E-state index is -2.91. The zero-order valence-corrected chi connectivity index (χ0v) is 12.8. The summed E-state index contributed by atoms with van der Waals surface area (Å²) in [5.74, 6) is -0.591. The van der Waals surface area contributed by atoms with E-state index in [1.807, 2.05) is 12.1 Å². The molecule has 0 amide bonds. The molecule has 2 aromatic rings. The SMILES string of the molecule is N#Cc1ccc(CNC(Cc2ccccc2)C(O)C(F)F)c(F)c1. The zero-order chi connectivity index (χ0) is 17.5. The molecule has 0 aliphatic carbocycles. The van der Waals surface area contributed by atoms with Gasteiger partial charge in [-0.1, -0.05) is 36.4 Å². The molecule has 0 aliphatic rings. The molecule has 2 rings (SSSR count). The van der Waals surface area contributed by atoms with Crippen molar-refractivity contribution in [3.63, 3.8) is 0 Å². The number of nitrogens with one attached hydrogen (secondary N) is 1. The number of nitriles is 1. The van der Waals surface area contributed by atoms with Crippen LogP contribution in [0.4, 0.5) is 13.2 Å². The summed E-state index contributed by atoms with van der Waals surface area (Å²) in [4.78, 5) is 0. The number of benzene rings is 2. The summed E-state index contributed by atoms with van der Waals surface area (Å²) in [7, 11) is 0. The number of hydrogen-bond acceptors (Lipinski definition) is 3. The van der Waals surface area contributed by atoms with Crippen LogP contribution in [0.2, 0.25) is 0 Å². The van der Waals surface area contributed by atoms with Gasteiger partial charge in [0, 0.05) is 18.2 Å². The van der Waals surface area contributed by atoms with Crippen molar-refractivity contribution in [2.75, 3.05) is 0 Å². The van der Waals surface area contributed by atoms with Crippen LogP contribution in [-0.2, 0) is 13.0 Å². The molecule has 0 aromatic heterocycles. The van der Waals surface area contributed by atoms with E-state index in [1.165, 1.54) is 12.1 Å². The van der Waals surface area contributed by atoms with Gasteiger partial charge in [-0.25, -0.2) is 13.2 Å². The number of hydrogen-bond donors (Lipinski definition) is 2. The molecule has 0 spiro atoms. The molecule has 2 N–H and O–H groups in total. The van der Waals surface area contributed by atoms with Crippen LogP contribution in [0.5, 0.6) is 0 Å². The molecule has 2 atom stereocenters. The molecule has 0 saturated heterocycles. The standard InChI is InChI=1S/C18H17F3N2O/c19-15-8-13(10-22)6-7-14(15)11-23-16(17(24)18(20)21)9-12-4-2-1-3-5-12/h1-8,16-18,23-24H,9,11H2. The van der Waals surface area contributed by atoms with Crippen molar-refractivity contribution in [3.8, 4) is 6.07 Å². The molecular weight excluding hydrogens is 317 g/mol. The number of rotatable bonds is 7. The Morgan fingerprint density at radius 2 is 1.83 bits per heavy atom. The molecule has 0 radical (unpaired) electrons. The molecule has 0 saturated carbocycles. The van der Waals surface area contributed by atoms with Gasteiger partial charge in [-0.2, -0.15) is 5.26 Å². The second-order valence-electron chi connectivity index (χ2n) is 5.42. The summed E-state index contributed by atoms with van der Waals surface area (Å²) in [6.07, 6.45) is -4.59. The van der Waals surface area contributed by atoms with Crippen LogP contribution in [-0.4, -0.2) is 23.7 Å². The van der Waals surface area contributed by atoms with E-state index >= 15 is 0 Å². The Kier molecular flexibility index (Phi) is 6.36. The largest absolute Gasteiger partial charge is 0.386 e. The summed E-state index contributed by atoms with van der Waals surface area (Å²) in [5, 5.41) is 21.2. The summed E-state index contributed by atoms with van der Waals surface area (Å²) < 4.78 is 39.6. The van der Waals surface area contributed by atoms with Crippen LogP contribution in [0, 0.1) is 17.1 Å². The van der Waals surface area contributed by atoms with Crippen molar-refractivity contribution in [2.24, 2.45) is 0 Å². The average molecular weight is 334 g/mol. The lowest BCUT2D eigenvalue weighted by Gasteiger charge is -2.24. The fourth-order valence-electron chi connectivity index (χ4n) is 2.36. The highest BCUT2D eigenvalue weighted by Crippen LogP contribution is 2.14. The summed E-state index contributed by atoms with van der Waals surface area (Å²) >= 11 is 0. The fourth-order valence-corrected chi connectivity index (χ4v) is 2.36. The van der Waals surface area contributed by atoms with Crippen molar-refractivity contribution in [2.45, 2.75) is 31.5 Å².